The molecule has 0 aromatic heterocycles. The van der Waals surface area contributed by atoms with E-state index in [2.05, 4.69) is 10.6 Å². The van der Waals surface area contributed by atoms with Crippen LogP contribution in [0.3, 0.4) is 0 Å². The Kier molecular flexibility index (Phi) is 7.43. The monoisotopic (exact) mass is 266 g/mol. The smallest absolute Gasteiger partial charge is 0.315 e. The number of ether oxygens (including phenoxy) is 2. The first-order valence-corrected chi connectivity index (χ1v) is 6.49. The van der Waals surface area contributed by atoms with Crippen molar-refractivity contribution in [1.82, 2.24) is 10.6 Å². The molecule has 1 rings (SSSR count). The van der Waals surface area contributed by atoms with Crippen molar-refractivity contribution in [2.24, 2.45) is 0 Å². The maximum Gasteiger partial charge on any atom is 0.315 e. The normalized spacial score (nSPS) is 10.0. The molecule has 0 aliphatic carbocycles. The van der Waals surface area contributed by atoms with E-state index < -0.39 is 0 Å². The number of nitrogens with one attached hydrogen (secondary N) is 2. The lowest BCUT2D eigenvalue weighted by Gasteiger charge is -2.10. The molecule has 1 aromatic rings. The second-order valence-electron chi connectivity index (χ2n) is 3.97. The highest BCUT2D eigenvalue weighted by molar-refractivity contribution is 5.73. The van der Waals surface area contributed by atoms with Crippen LogP contribution >= 0.6 is 0 Å². The van der Waals surface area contributed by atoms with Crippen LogP contribution in [0, 0.1) is 0 Å². The van der Waals surface area contributed by atoms with Crippen molar-refractivity contribution in [2.45, 2.75) is 19.9 Å². The molecule has 0 fully saturated rings. The molecule has 2 amide bonds. The minimum atomic E-state index is -0.178. The Hall–Kier alpha value is -1.75. The first-order chi connectivity index (χ1) is 9.27. The zero-order valence-electron chi connectivity index (χ0n) is 11.6. The highest BCUT2D eigenvalue weighted by Crippen LogP contribution is 2.16. The van der Waals surface area contributed by atoms with Gasteiger partial charge in [0.2, 0.25) is 0 Å². The average molecular weight is 266 g/mol. The molecule has 0 bridgehead atoms. The number of urea groups is 1. The third kappa shape index (κ3) is 6.10. The van der Waals surface area contributed by atoms with Gasteiger partial charge in [-0.05, 0) is 19.4 Å². The Morgan fingerprint density at radius 1 is 1.26 bits per heavy atom. The van der Waals surface area contributed by atoms with E-state index in [0.717, 1.165) is 17.7 Å². The summed E-state index contributed by atoms with van der Waals surface area (Å²) in [4.78, 5) is 11.5. The Morgan fingerprint density at radius 2 is 2.05 bits per heavy atom. The zero-order chi connectivity index (χ0) is 13.9. The van der Waals surface area contributed by atoms with E-state index in [1.165, 1.54) is 0 Å². The first kappa shape index (κ1) is 15.3. The number of rotatable bonds is 8. The molecule has 0 aliphatic rings. The lowest BCUT2D eigenvalue weighted by molar-refractivity contribution is 0.145. The van der Waals surface area contributed by atoms with Gasteiger partial charge in [0, 0.05) is 31.9 Å². The zero-order valence-corrected chi connectivity index (χ0v) is 11.6. The second-order valence-corrected chi connectivity index (χ2v) is 3.97. The lowest BCUT2D eigenvalue weighted by atomic mass is 10.2. The van der Waals surface area contributed by atoms with Crippen LogP contribution in [0.1, 0.15) is 18.9 Å². The summed E-state index contributed by atoms with van der Waals surface area (Å²) in [5, 5.41) is 5.57. The average Bonchev–Trinajstić information content (AvgIpc) is 2.45. The summed E-state index contributed by atoms with van der Waals surface area (Å²) in [6.07, 6.45) is 0.815. The van der Waals surface area contributed by atoms with Crippen LogP contribution in [-0.2, 0) is 11.3 Å². The molecule has 106 valence electrons. The van der Waals surface area contributed by atoms with E-state index in [9.17, 15) is 4.79 Å². The largest absolute Gasteiger partial charge is 0.496 e. The molecule has 0 unspecified atom stereocenters. The molecule has 19 heavy (non-hydrogen) atoms. The van der Waals surface area contributed by atoms with Gasteiger partial charge in [0.1, 0.15) is 5.75 Å². The SMILES string of the molecule is CCOCCCNC(=O)NCc1ccccc1OC. The minimum absolute atomic E-state index is 0.178. The summed E-state index contributed by atoms with van der Waals surface area (Å²) in [6, 6.07) is 7.43. The van der Waals surface area contributed by atoms with Gasteiger partial charge in [0.05, 0.1) is 7.11 Å². The van der Waals surface area contributed by atoms with Crippen LogP contribution in [0.25, 0.3) is 0 Å². The molecule has 1 aromatic carbocycles. The highest BCUT2D eigenvalue weighted by atomic mass is 16.5. The summed E-state index contributed by atoms with van der Waals surface area (Å²) in [5.74, 6) is 0.777. The molecule has 0 radical (unpaired) electrons. The number of benzene rings is 1. The maximum absolute atomic E-state index is 11.5. The van der Waals surface area contributed by atoms with Crippen LogP contribution in [0.4, 0.5) is 4.79 Å². The molecule has 0 heterocycles. The maximum atomic E-state index is 11.5. The summed E-state index contributed by atoms with van der Waals surface area (Å²) in [7, 11) is 1.62. The van der Waals surface area contributed by atoms with Crippen LogP contribution in [-0.4, -0.2) is 32.9 Å². The summed E-state index contributed by atoms with van der Waals surface area (Å²) in [5.41, 5.74) is 0.953. The number of hydrogen-bond donors (Lipinski definition) is 2. The molecule has 0 saturated carbocycles. The van der Waals surface area contributed by atoms with Gasteiger partial charge in [-0.25, -0.2) is 4.79 Å². The predicted octanol–water partition coefficient (Wildman–Crippen LogP) is 1.92. The summed E-state index contributed by atoms with van der Waals surface area (Å²) >= 11 is 0. The van der Waals surface area contributed by atoms with Crippen molar-refractivity contribution < 1.29 is 14.3 Å². The van der Waals surface area contributed by atoms with Crippen molar-refractivity contribution in [2.75, 3.05) is 26.9 Å². The molecular weight excluding hydrogens is 244 g/mol. The van der Waals surface area contributed by atoms with Crippen molar-refractivity contribution in [1.29, 1.82) is 0 Å². The second kappa shape index (κ2) is 9.22. The van der Waals surface area contributed by atoms with E-state index in [0.29, 0.717) is 26.3 Å². The van der Waals surface area contributed by atoms with E-state index in [4.69, 9.17) is 9.47 Å². The fourth-order valence-corrected chi connectivity index (χ4v) is 1.61. The Balaban J connectivity index is 2.22. The van der Waals surface area contributed by atoms with Gasteiger partial charge in [0.15, 0.2) is 0 Å². The third-order valence-corrected chi connectivity index (χ3v) is 2.59. The molecule has 5 nitrogen and oxygen atoms in total. The van der Waals surface area contributed by atoms with Gasteiger partial charge in [-0.3, -0.25) is 0 Å². The van der Waals surface area contributed by atoms with Crippen LogP contribution in [0.15, 0.2) is 24.3 Å². The van der Waals surface area contributed by atoms with Gasteiger partial charge < -0.3 is 20.1 Å². The van der Waals surface area contributed by atoms with Crippen molar-refractivity contribution >= 4 is 6.03 Å². The molecule has 5 heteroatoms. The standard InChI is InChI=1S/C14H22N2O3/c1-3-19-10-6-9-15-14(17)16-11-12-7-4-5-8-13(12)18-2/h4-5,7-8H,3,6,9-11H2,1-2H3,(H2,15,16,17). The minimum Gasteiger partial charge on any atom is -0.496 e. The van der Waals surface area contributed by atoms with Crippen molar-refractivity contribution in [3.05, 3.63) is 29.8 Å². The van der Waals surface area contributed by atoms with E-state index in [1.54, 1.807) is 7.11 Å². The van der Waals surface area contributed by atoms with Gasteiger partial charge in [-0.1, -0.05) is 18.2 Å². The van der Waals surface area contributed by atoms with Crippen LogP contribution in [0.5, 0.6) is 5.75 Å². The number of hydrogen-bond acceptors (Lipinski definition) is 3. The molecule has 2 N–H and O–H groups in total. The quantitative estimate of drug-likeness (QED) is 0.707. The number of carbonyl (C=O) groups is 1. The summed E-state index contributed by atoms with van der Waals surface area (Å²) < 4.78 is 10.4. The summed E-state index contributed by atoms with van der Waals surface area (Å²) in [6.45, 7) is 4.38. The Labute approximate surface area is 114 Å². The third-order valence-electron chi connectivity index (χ3n) is 2.59. The molecular formula is C14H22N2O3. The number of para-hydroxylation sites is 1. The number of carbonyl (C=O) groups excluding carboxylic acids is 1. The molecule has 0 spiro atoms. The Morgan fingerprint density at radius 3 is 2.79 bits per heavy atom. The Bertz CT molecular complexity index is 383. The van der Waals surface area contributed by atoms with Crippen LogP contribution in [0.2, 0.25) is 0 Å². The lowest BCUT2D eigenvalue weighted by Crippen LogP contribution is -2.35. The highest BCUT2D eigenvalue weighted by Gasteiger charge is 2.03. The van der Waals surface area contributed by atoms with E-state index in [1.807, 2.05) is 31.2 Å². The predicted molar refractivity (Wildman–Crippen MR) is 74.3 cm³/mol. The number of methoxy groups -OCH3 is 1. The van der Waals surface area contributed by atoms with Gasteiger partial charge >= 0.3 is 6.03 Å². The fraction of sp³-hybridized carbons (Fsp3) is 0.500. The molecule has 0 saturated heterocycles. The van der Waals surface area contributed by atoms with E-state index in [-0.39, 0.29) is 6.03 Å². The van der Waals surface area contributed by atoms with Crippen molar-refractivity contribution in [3.63, 3.8) is 0 Å². The van der Waals surface area contributed by atoms with Crippen LogP contribution < -0.4 is 15.4 Å². The fourth-order valence-electron chi connectivity index (χ4n) is 1.61. The molecule has 0 aliphatic heterocycles. The van der Waals surface area contributed by atoms with E-state index >= 15 is 0 Å². The van der Waals surface area contributed by atoms with Gasteiger partial charge in [-0.2, -0.15) is 0 Å². The van der Waals surface area contributed by atoms with Crippen molar-refractivity contribution in [3.8, 4) is 5.75 Å². The van der Waals surface area contributed by atoms with Gasteiger partial charge in [0.25, 0.3) is 0 Å². The molecule has 0 atom stereocenters. The topological polar surface area (TPSA) is 59.6 Å². The number of amides is 2. The first-order valence-electron chi connectivity index (χ1n) is 6.49. The van der Waals surface area contributed by atoms with Gasteiger partial charge in [-0.15, -0.1) is 0 Å².